The lowest BCUT2D eigenvalue weighted by molar-refractivity contribution is 0.0926. The maximum Gasteiger partial charge on any atom is 0.136 e. The van der Waals surface area contributed by atoms with Gasteiger partial charge in [-0.3, -0.25) is 0 Å². The summed E-state index contributed by atoms with van der Waals surface area (Å²) in [6, 6.07) is 0.248. The topological polar surface area (TPSA) is 44.3 Å². The van der Waals surface area contributed by atoms with Crippen molar-refractivity contribution in [1.82, 2.24) is 4.72 Å². The minimum absolute atomic E-state index is 0.175. The molecular formula is C14H27NO2S. The lowest BCUT2D eigenvalue weighted by Gasteiger charge is -2.39. The molecule has 1 spiro atoms. The molecule has 3 atom stereocenters. The SMILES string of the molecule is C[C@H]1OCC2(CCCCC2)[C@H]1N[S@+]([O-])C(C)(C)C. The van der Waals surface area contributed by atoms with Crippen LogP contribution in [0.5, 0.6) is 0 Å². The average Bonchev–Trinajstić information content (AvgIpc) is 2.58. The Balaban J connectivity index is 2.08. The third kappa shape index (κ3) is 2.87. The zero-order chi connectivity index (χ0) is 13.4. The summed E-state index contributed by atoms with van der Waals surface area (Å²) in [5, 5.41) is 0. The Bertz CT molecular complexity index is 278. The van der Waals surface area contributed by atoms with Crippen LogP contribution in [0.4, 0.5) is 0 Å². The Morgan fingerprint density at radius 1 is 1.22 bits per heavy atom. The van der Waals surface area contributed by atoms with Gasteiger partial charge in [0.25, 0.3) is 0 Å². The molecule has 2 rings (SSSR count). The van der Waals surface area contributed by atoms with Crippen LogP contribution in [-0.2, 0) is 16.1 Å². The van der Waals surface area contributed by atoms with Crippen LogP contribution in [0.25, 0.3) is 0 Å². The predicted octanol–water partition coefficient (Wildman–Crippen LogP) is 2.78. The normalized spacial score (nSPS) is 33.8. The quantitative estimate of drug-likeness (QED) is 0.787. The summed E-state index contributed by atoms with van der Waals surface area (Å²) < 4.78 is 21.4. The van der Waals surface area contributed by atoms with Crippen LogP contribution >= 0.6 is 0 Å². The molecule has 4 heteroatoms. The van der Waals surface area contributed by atoms with Crippen LogP contribution in [0, 0.1) is 5.41 Å². The van der Waals surface area contributed by atoms with Gasteiger partial charge in [-0.25, -0.2) is 0 Å². The predicted molar refractivity (Wildman–Crippen MR) is 75.8 cm³/mol. The third-order valence-corrected chi connectivity index (χ3v) is 5.98. The van der Waals surface area contributed by atoms with Gasteiger partial charge in [-0.15, -0.1) is 4.72 Å². The summed E-state index contributed by atoms with van der Waals surface area (Å²) in [7, 11) is 0. The van der Waals surface area contributed by atoms with E-state index in [1.54, 1.807) is 0 Å². The van der Waals surface area contributed by atoms with Crippen molar-refractivity contribution in [3.8, 4) is 0 Å². The third-order valence-electron chi connectivity index (χ3n) is 4.40. The minimum Gasteiger partial charge on any atom is -0.598 e. The van der Waals surface area contributed by atoms with Gasteiger partial charge in [-0.2, -0.15) is 0 Å². The lowest BCUT2D eigenvalue weighted by Crippen LogP contribution is -2.54. The molecule has 1 aliphatic heterocycles. The second-order valence-electron chi connectivity index (χ2n) is 6.92. The molecule has 1 saturated carbocycles. The van der Waals surface area contributed by atoms with Crippen molar-refractivity contribution < 1.29 is 9.29 Å². The smallest absolute Gasteiger partial charge is 0.136 e. The summed E-state index contributed by atoms with van der Waals surface area (Å²) in [5.74, 6) is 0. The summed E-state index contributed by atoms with van der Waals surface area (Å²) in [4.78, 5) is 0. The van der Waals surface area contributed by atoms with Gasteiger partial charge in [0, 0.05) is 16.8 Å². The Morgan fingerprint density at radius 2 is 1.83 bits per heavy atom. The summed E-state index contributed by atoms with van der Waals surface area (Å²) >= 11 is -1.01. The standard InChI is InChI=1S/C14H27NO2S/c1-11-12(15-18(16)13(2,3)4)14(10-17-11)8-6-5-7-9-14/h11-12,15H,5-10H2,1-4H3/t11-,12+,18-/m1/s1. The van der Waals surface area contributed by atoms with Crippen molar-refractivity contribution in [3.63, 3.8) is 0 Å². The Morgan fingerprint density at radius 3 is 2.39 bits per heavy atom. The van der Waals surface area contributed by atoms with Crippen LogP contribution in [0.15, 0.2) is 0 Å². The fourth-order valence-electron chi connectivity index (χ4n) is 3.21. The summed E-state index contributed by atoms with van der Waals surface area (Å²) in [6.45, 7) is 9.01. The first kappa shape index (κ1) is 14.6. The Hall–Kier alpha value is 0.230. The first-order valence-corrected chi connectivity index (χ1v) is 8.30. The van der Waals surface area contributed by atoms with E-state index in [1.807, 2.05) is 20.8 Å². The largest absolute Gasteiger partial charge is 0.598 e. The molecule has 0 unspecified atom stereocenters. The molecular weight excluding hydrogens is 246 g/mol. The highest BCUT2D eigenvalue weighted by atomic mass is 32.2. The van der Waals surface area contributed by atoms with Gasteiger partial charge in [0.1, 0.15) is 4.75 Å². The maximum absolute atomic E-state index is 12.3. The molecule has 2 aliphatic rings. The average molecular weight is 273 g/mol. The Kier molecular flexibility index (Phi) is 4.32. The van der Waals surface area contributed by atoms with E-state index >= 15 is 0 Å². The molecule has 0 radical (unpaired) electrons. The first-order chi connectivity index (χ1) is 8.35. The van der Waals surface area contributed by atoms with Crippen molar-refractivity contribution in [2.24, 2.45) is 5.41 Å². The molecule has 1 N–H and O–H groups in total. The molecule has 3 nitrogen and oxygen atoms in total. The van der Waals surface area contributed by atoms with Gasteiger partial charge in [-0.1, -0.05) is 19.3 Å². The molecule has 0 aromatic carbocycles. The van der Waals surface area contributed by atoms with Gasteiger partial charge in [0.05, 0.1) is 18.8 Å². The molecule has 0 aromatic heterocycles. The number of hydrogen-bond acceptors (Lipinski definition) is 3. The highest BCUT2D eigenvalue weighted by Gasteiger charge is 2.51. The van der Waals surface area contributed by atoms with Crippen molar-refractivity contribution in [2.45, 2.75) is 76.7 Å². The fourth-order valence-corrected chi connectivity index (χ4v) is 4.23. The van der Waals surface area contributed by atoms with Crippen LogP contribution in [0.3, 0.4) is 0 Å². The molecule has 1 saturated heterocycles. The van der Waals surface area contributed by atoms with Crippen molar-refractivity contribution in [2.75, 3.05) is 6.61 Å². The van der Waals surface area contributed by atoms with E-state index in [1.165, 1.54) is 32.1 Å². The zero-order valence-corrected chi connectivity index (χ0v) is 12.9. The van der Waals surface area contributed by atoms with Gasteiger partial charge in [0.15, 0.2) is 0 Å². The number of hydrogen-bond donors (Lipinski definition) is 1. The second-order valence-corrected chi connectivity index (χ2v) is 8.91. The van der Waals surface area contributed by atoms with Crippen LogP contribution in [-0.4, -0.2) is 28.1 Å². The van der Waals surface area contributed by atoms with E-state index in [9.17, 15) is 4.55 Å². The number of ether oxygens (including phenoxy) is 1. The molecule has 106 valence electrons. The van der Waals surface area contributed by atoms with E-state index < -0.39 is 11.4 Å². The van der Waals surface area contributed by atoms with Crippen molar-refractivity contribution in [3.05, 3.63) is 0 Å². The van der Waals surface area contributed by atoms with E-state index in [2.05, 4.69) is 11.6 Å². The molecule has 2 fully saturated rings. The van der Waals surface area contributed by atoms with Gasteiger partial charge >= 0.3 is 0 Å². The maximum atomic E-state index is 12.3. The minimum atomic E-state index is -1.01. The lowest BCUT2D eigenvalue weighted by atomic mass is 9.70. The van der Waals surface area contributed by atoms with Crippen molar-refractivity contribution in [1.29, 1.82) is 0 Å². The van der Waals surface area contributed by atoms with Gasteiger partial charge in [-0.05, 0) is 40.5 Å². The van der Waals surface area contributed by atoms with Gasteiger partial charge < -0.3 is 9.29 Å². The number of nitrogens with one attached hydrogen (secondary N) is 1. The van der Waals surface area contributed by atoms with E-state index in [0.717, 1.165) is 6.61 Å². The molecule has 1 heterocycles. The van der Waals surface area contributed by atoms with Crippen molar-refractivity contribution >= 4 is 11.4 Å². The van der Waals surface area contributed by atoms with Crippen LogP contribution in [0.1, 0.15) is 59.8 Å². The van der Waals surface area contributed by atoms with E-state index in [0.29, 0.717) is 0 Å². The highest BCUT2D eigenvalue weighted by molar-refractivity contribution is 7.90. The zero-order valence-electron chi connectivity index (χ0n) is 12.1. The number of rotatable bonds is 2. The molecule has 18 heavy (non-hydrogen) atoms. The first-order valence-electron chi connectivity index (χ1n) is 7.15. The molecule has 0 amide bonds. The second kappa shape index (κ2) is 5.31. The fraction of sp³-hybridized carbons (Fsp3) is 1.00. The molecule has 0 aromatic rings. The monoisotopic (exact) mass is 273 g/mol. The Labute approximate surface area is 114 Å². The molecule has 0 bridgehead atoms. The van der Waals surface area contributed by atoms with Crippen LogP contribution < -0.4 is 4.72 Å². The van der Waals surface area contributed by atoms with E-state index in [-0.39, 0.29) is 22.3 Å². The van der Waals surface area contributed by atoms with Gasteiger partial charge in [0.2, 0.25) is 0 Å². The summed E-state index contributed by atoms with van der Waals surface area (Å²) in [6.07, 6.45) is 6.53. The highest BCUT2D eigenvalue weighted by Crippen LogP contribution is 2.45. The molecule has 1 aliphatic carbocycles. The summed E-state index contributed by atoms with van der Waals surface area (Å²) in [5.41, 5.74) is 0.235. The van der Waals surface area contributed by atoms with E-state index in [4.69, 9.17) is 4.74 Å². The van der Waals surface area contributed by atoms with Crippen LogP contribution in [0.2, 0.25) is 0 Å².